The second kappa shape index (κ2) is 4.45. The molecule has 1 aromatic rings. The molecule has 0 amide bonds. The molecule has 0 heterocycles. The van der Waals surface area contributed by atoms with Crippen molar-refractivity contribution in [2.75, 3.05) is 14.2 Å². The number of ether oxygens (including phenoxy) is 2. The van der Waals surface area contributed by atoms with Crippen LogP contribution in [0, 0.1) is 12.3 Å². The molecule has 0 aliphatic rings. The van der Waals surface area contributed by atoms with Gasteiger partial charge in [0.1, 0.15) is 11.5 Å². The Morgan fingerprint density at radius 1 is 1.14 bits per heavy atom. The Labute approximate surface area is 92.7 Å². The van der Waals surface area contributed by atoms with E-state index in [2.05, 4.69) is 5.92 Å². The number of rotatable bonds is 2. The van der Waals surface area contributed by atoms with Gasteiger partial charge in [0, 0.05) is 6.07 Å². The minimum Gasteiger partial charge on any atom is -0.495 e. The smallest absolute Gasteiger partial charge is 0.142 e. The molecule has 0 bridgehead atoms. The summed E-state index contributed by atoms with van der Waals surface area (Å²) < 4.78 is 10.0. The summed E-state index contributed by atoms with van der Waals surface area (Å²) >= 11 is 11.9. The van der Waals surface area contributed by atoms with Gasteiger partial charge in [0.15, 0.2) is 0 Å². The molecule has 1 rings (SSSR count). The van der Waals surface area contributed by atoms with Crippen LogP contribution in [0.25, 0.3) is 0 Å². The Kier molecular flexibility index (Phi) is 3.51. The van der Waals surface area contributed by atoms with Crippen molar-refractivity contribution in [3.63, 3.8) is 0 Å². The molecule has 4 heteroatoms. The van der Waals surface area contributed by atoms with Crippen LogP contribution in [0.5, 0.6) is 11.5 Å². The molecule has 0 aliphatic carbocycles. The first-order valence-electron chi connectivity index (χ1n) is 3.72. The highest BCUT2D eigenvalue weighted by atomic mass is 35.5. The first-order valence-corrected chi connectivity index (χ1v) is 4.47. The van der Waals surface area contributed by atoms with E-state index < -0.39 is 0 Å². The Morgan fingerprint density at radius 2 is 1.57 bits per heavy atom. The van der Waals surface area contributed by atoms with Crippen LogP contribution in [0.4, 0.5) is 0 Å². The zero-order valence-corrected chi connectivity index (χ0v) is 9.24. The quantitative estimate of drug-likeness (QED) is 0.728. The highest BCUT2D eigenvalue weighted by molar-refractivity contribution is 6.38. The Balaban J connectivity index is 3.49. The van der Waals surface area contributed by atoms with Gasteiger partial charge < -0.3 is 9.47 Å². The topological polar surface area (TPSA) is 18.5 Å². The SMILES string of the molecule is C#Cc1c(Cl)c(OC)cc(OC)c1Cl. The van der Waals surface area contributed by atoms with E-state index in [-0.39, 0.29) is 0 Å². The predicted molar refractivity (Wildman–Crippen MR) is 57.5 cm³/mol. The zero-order chi connectivity index (χ0) is 10.7. The second-order valence-electron chi connectivity index (χ2n) is 2.43. The average molecular weight is 231 g/mol. The van der Waals surface area contributed by atoms with Crippen molar-refractivity contribution in [1.29, 1.82) is 0 Å². The van der Waals surface area contributed by atoms with Gasteiger partial charge in [-0.15, -0.1) is 6.42 Å². The van der Waals surface area contributed by atoms with Crippen molar-refractivity contribution in [2.45, 2.75) is 0 Å². The second-order valence-corrected chi connectivity index (χ2v) is 3.18. The molecule has 0 aliphatic heterocycles. The van der Waals surface area contributed by atoms with Gasteiger partial charge in [0.05, 0.1) is 29.8 Å². The van der Waals surface area contributed by atoms with E-state index in [1.807, 2.05) is 0 Å². The summed E-state index contributed by atoms with van der Waals surface area (Å²) in [4.78, 5) is 0. The molecule has 1 aromatic carbocycles. The molecular weight excluding hydrogens is 223 g/mol. The summed E-state index contributed by atoms with van der Waals surface area (Å²) in [6.07, 6.45) is 5.27. The fraction of sp³-hybridized carbons (Fsp3) is 0.200. The van der Waals surface area contributed by atoms with Gasteiger partial charge in [0.2, 0.25) is 0 Å². The normalized spacial score (nSPS) is 9.36. The van der Waals surface area contributed by atoms with Crippen LogP contribution in [0.1, 0.15) is 5.56 Å². The maximum absolute atomic E-state index is 5.94. The molecule has 0 saturated carbocycles. The summed E-state index contributed by atoms with van der Waals surface area (Å²) in [5.41, 5.74) is 0.379. The number of hydrogen-bond donors (Lipinski definition) is 0. The van der Waals surface area contributed by atoms with E-state index in [1.54, 1.807) is 6.07 Å². The standard InChI is InChI=1S/C10H8Cl2O2/c1-4-6-9(11)7(13-2)5-8(14-3)10(6)12/h1,5H,2-3H3. The molecule has 0 aromatic heterocycles. The van der Waals surface area contributed by atoms with E-state index >= 15 is 0 Å². The summed E-state index contributed by atoms with van der Waals surface area (Å²) in [6.45, 7) is 0. The van der Waals surface area contributed by atoms with Gasteiger partial charge in [0.25, 0.3) is 0 Å². The lowest BCUT2D eigenvalue weighted by atomic mass is 10.2. The number of terminal acetylenes is 1. The van der Waals surface area contributed by atoms with Crippen molar-refractivity contribution in [3.8, 4) is 23.8 Å². The van der Waals surface area contributed by atoms with Crippen LogP contribution in [0.3, 0.4) is 0 Å². The first-order chi connectivity index (χ1) is 6.65. The lowest BCUT2D eigenvalue weighted by Gasteiger charge is -2.10. The molecule has 0 saturated heterocycles. The molecule has 0 unspecified atom stereocenters. The Morgan fingerprint density at radius 3 is 1.86 bits per heavy atom. The van der Waals surface area contributed by atoms with Crippen LogP contribution in [0.15, 0.2) is 6.07 Å². The number of methoxy groups -OCH3 is 2. The molecule has 0 atom stereocenters. The minimum absolute atomic E-state index is 0.320. The molecule has 0 spiro atoms. The molecular formula is C10H8Cl2O2. The molecule has 0 radical (unpaired) electrons. The predicted octanol–water partition coefficient (Wildman–Crippen LogP) is 2.99. The fourth-order valence-electron chi connectivity index (χ4n) is 1.01. The van der Waals surface area contributed by atoms with Gasteiger partial charge in [-0.05, 0) is 0 Å². The largest absolute Gasteiger partial charge is 0.495 e. The number of hydrogen-bond acceptors (Lipinski definition) is 2. The Bertz CT molecular complexity index is 366. The summed E-state index contributed by atoms with van der Waals surface area (Å²) in [7, 11) is 2.99. The summed E-state index contributed by atoms with van der Waals surface area (Å²) in [6, 6.07) is 1.59. The van der Waals surface area contributed by atoms with Crippen LogP contribution in [0.2, 0.25) is 10.0 Å². The third-order valence-corrected chi connectivity index (χ3v) is 2.47. The lowest BCUT2D eigenvalue weighted by Crippen LogP contribution is -1.92. The van der Waals surface area contributed by atoms with Gasteiger partial charge >= 0.3 is 0 Å². The van der Waals surface area contributed by atoms with Crippen LogP contribution in [-0.2, 0) is 0 Å². The molecule has 0 N–H and O–H groups in total. The van der Waals surface area contributed by atoms with E-state index in [9.17, 15) is 0 Å². The van der Waals surface area contributed by atoms with Crippen LogP contribution >= 0.6 is 23.2 Å². The van der Waals surface area contributed by atoms with E-state index in [0.29, 0.717) is 27.1 Å². The van der Waals surface area contributed by atoms with Crippen LogP contribution < -0.4 is 9.47 Å². The summed E-state index contributed by atoms with van der Waals surface area (Å²) in [5.74, 6) is 3.28. The highest BCUT2D eigenvalue weighted by Crippen LogP contribution is 2.39. The van der Waals surface area contributed by atoms with Gasteiger partial charge in [-0.3, -0.25) is 0 Å². The lowest BCUT2D eigenvalue weighted by molar-refractivity contribution is 0.394. The average Bonchev–Trinajstić information content (AvgIpc) is 2.19. The molecule has 0 fully saturated rings. The maximum Gasteiger partial charge on any atom is 0.142 e. The summed E-state index contributed by atoms with van der Waals surface area (Å²) in [5, 5.41) is 0.640. The molecule has 14 heavy (non-hydrogen) atoms. The third kappa shape index (κ3) is 1.75. The maximum atomic E-state index is 5.94. The fourth-order valence-corrected chi connectivity index (χ4v) is 1.62. The Hall–Kier alpha value is -1.04. The van der Waals surface area contributed by atoms with Gasteiger partial charge in [-0.1, -0.05) is 29.1 Å². The van der Waals surface area contributed by atoms with Crippen molar-refractivity contribution in [1.82, 2.24) is 0 Å². The van der Waals surface area contributed by atoms with Crippen molar-refractivity contribution >= 4 is 23.2 Å². The van der Waals surface area contributed by atoms with Crippen molar-refractivity contribution < 1.29 is 9.47 Å². The van der Waals surface area contributed by atoms with Gasteiger partial charge in [-0.25, -0.2) is 0 Å². The van der Waals surface area contributed by atoms with Crippen LogP contribution in [-0.4, -0.2) is 14.2 Å². The van der Waals surface area contributed by atoms with E-state index in [0.717, 1.165) is 0 Å². The van der Waals surface area contributed by atoms with E-state index in [4.69, 9.17) is 39.1 Å². The minimum atomic E-state index is 0.320. The van der Waals surface area contributed by atoms with Crippen molar-refractivity contribution in [2.24, 2.45) is 0 Å². The number of halogens is 2. The number of benzene rings is 1. The van der Waals surface area contributed by atoms with Crippen molar-refractivity contribution in [3.05, 3.63) is 21.7 Å². The zero-order valence-electron chi connectivity index (χ0n) is 7.73. The first kappa shape index (κ1) is 11.0. The monoisotopic (exact) mass is 230 g/mol. The van der Waals surface area contributed by atoms with Gasteiger partial charge in [-0.2, -0.15) is 0 Å². The molecule has 74 valence electrons. The van der Waals surface area contributed by atoms with E-state index in [1.165, 1.54) is 14.2 Å². The third-order valence-electron chi connectivity index (χ3n) is 1.72. The molecule has 2 nitrogen and oxygen atoms in total. The highest BCUT2D eigenvalue weighted by Gasteiger charge is 2.14.